The summed E-state index contributed by atoms with van der Waals surface area (Å²) in [7, 11) is 0. The monoisotopic (exact) mass is 448 g/mol. The minimum atomic E-state index is -0.422. The standard InChI is InChI=1S/C19H22BrFN6O/c20-15-4-3-14-17(16(15)21)25-19(28-11-13-2-1-7-23-13)26-18(14)27-9-8-24-12(10-27)5-6-22/h3-4,12-13,23-24H,1-2,5,7-11H2. The Labute approximate surface area is 171 Å². The number of benzene rings is 1. The molecule has 7 nitrogen and oxygen atoms in total. The van der Waals surface area contributed by atoms with E-state index in [2.05, 4.69) is 47.5 Å². The van der Waals surface area contributed by atoms with Crippen LogP contribution in [0.3, 0.4) is 0 Å². The molecule has 148 valence electrons. The van der Waals surface area contributed by atoms with Gasteiger partial charge in [0, 0.05) is 37.1 Å². The first-order valence-corrected chi connectivity index (χ1v) is 10.3. The van der Waals surface area contributed by atoms with Crippen LogP contribution in [0.5, 0.6) is 6.01 Å². The van der Waals surface area contributed by atoms with Crippen LogP contribution < -0.4 is 20.3 Å². The van der Waals surface area contributed by atoms with Crippen LogP contribution in [0.15, 0.2) is 16.6 Å². The molecule has 0 aliphatic carbocycles. The van der Waals surface area contributed by atoms with Crippen LogP contribution in [-0.4, -0.2) is 54.8 Å². The number of hydrogen-bond donors (Lipinski definition) is 2. The molecule has 0 bridgehead atoms. The maximum absolute atomic E-state index is 14.8. The smallest absolute Gasteiger partial charge is 0.319 e. The number of anilines is 1. The third-order valence-electron chi connectivity index (χ3n) is 5.19. The van der Waals surface area contributed by atoms with Crippen LogP contribution in [0.4, 0.5) is 10.2 Å². The molecule has 2 aromatic rings. The van der Waals surface area contributed by atoms with E-state index < -0.39 is 5.82 Å². The molecule has 2 fully saturated rings. The van der Waals surface area contributed by atoms with Gasteiger partial charge in [0.15, 0.2) is 5.82 Å². The van der Waals surface area contributed by atoms with E-state index in [1.165, 1.54) is 0 Å². The topological polar surface area (TPSA) is 86.1 Å². The van der Waals surface area contributed by atoms with Gasteiger partial charge in [-0.25, -0.2) is 4.39 Å². The Balaban J connectivity index is 1.68. The van der Waals surface area contributed by atoms with Crippen molar-refractivity contribution < 1.29 is 9.13 Å². The van der Waals surface area contributed by atoms with Crippen LogP contribution >= 0.6 is 15.9 Å². The predicted octanol–water partition coefficient (Wildman–Crippen LogP) is 2.35. The second-order valence-electron chi connectivity index (χ2n) is 7.15. The van der Waals surface area contributed by atoms with Crippen molar-refractivity contribution in [3.8, 4) is 12.1 Å². The number of fused-ring (bicyclic) bond motifs is 1. The minimum Gasteiger partial charge on any atom is -0.462 e. The van der Waals surface area contributed by atoms with Gasteiger partial charge in [-0.05, 0) is 47.4 Å². The highest BCUT2D eigenvalue weighted by molar-refractivity contribution is 9.10. The molecule has 9 heteroatoms. The lowest BCUT2D eigenvalue weighted by atomic mass is 10.1. The summed E-state index contributed by atoms with van der Waals surface area (Å²) in [6.07, 6.45) is 2.59. The van der Waals surface area contributed by atoms with Crippen molar-refractivity contribution in [2.24, 2.45) is 0 Å². The molecule has 4 rings (SSSR count). The van der Waals surface area contributed by atoms with Gasteiger partial charge in [0.1, 0.15) is 17.9 Å². The van der Waals surface area contributed by atoms with Crippen molar-refractivity contribution in [1.82, 2.24) is 20.6 Å². The van der Waals surface area contributed by atoms with Crippen LogP contribution in [0.1, 0.15) is 19.3 Å². The van der Waals surface area contributed by atoms with E-state index >= 15 is 0 Å². The first-order valence-electron chi connectivity index (χ1n) is 9.53. The normalized spacial score (nSPS) is 22.4. The molecule has 3 heterocycles. The van der Waals surface area contributed by atoms with E-state index in [0.717, 1.165) is 32.5 Å². The van der Waals surface area contributed by atoms with Gasteiger partial charge in [-0.1, -0.05) is 0 Å². The summed E-state index contributed by atoms with van der Waals surface area (Å²) in [6.45, 7) is 3.52. The van der Waals surface area contributed by atoms with Gasteiger partial charge in [-0.2, -0.15) is 15.2 Å². The Morgan fingerprint density at radius 3 is 2.93 bits per heavy atom. The molecule has 2 aliphatic rings. The fourth-order valence-electron chi connectivity index (χ4n) is 3.75. The maximum atomic E-state index is 14.8. The van der Waals surface area contributed by atoms with Gasteiger partial charge in [0.2, 0.25) is 0 Å². The zero-order valence-corrected chi connectivity index (χ0v) is 17.0. The summed E-state index contributed by atoms with van der Waals surface area (Å²) in [6, 6.07) is 6.20. The molecule has 1 aromatic heterocycles. The van der Waals surface area contributed by atoms with Gasteiger partial charge in [0.25, 0.3) is 0 Å². The average molecular weight is 449 g/mol. The van der Waals surface area contributed by atoms with Gasteiger partial charge < -0.3 is 20.3 Å². The van der Waals surface area contributed by atoms with E-state index in [1.54, 1.807) is 6.07 Å². The number of halogens is 2. The van der Waals surface area contributed by atoms with Crippen molar-refractivity contribution in [3.63, 3.8) is 0 Å². The van der Waals surface area contributed by atoms with Crippen LogP contribution in [0, 0.1) is 17.1 Å². The second-order valence-corrected chi connectivity index (χ2v) is 8.01. The lowest BCUT2D eigenvalue weighted by Gasteiger charge is -2.34. The zero-order valence-electron chi connectivity index (χ0n) is 15.4. The van der Waals surface area contributed by atoms with Gasteiger partial charge >= 0.3 is 6.01 Å². The van der Waals surface area contributed by atoms with Crippen molar-refractivity contribution in [1.29, 1.82) is 5.26 Å². The first kappa shape index (κ1) is 19.3. The number of nitriles is 1. The number of piperazine rings is 1. The molecule has 2 aliphatic heterocycles. The fraction of sp³-hybridized carbons (Fsp3) is 0.526. The Bertz CT molecular complexity index is 898. The molecule has 0 spiro atoms. The third kappa shape index (κ3) is 4.04. The molecule has 1 aromatic carbocycles. The number of nitrogens with zero attached hydrogens (tertiary/aromatic N) is 4. The Kier molecular flexibility index (Phi) is 5.90. The summed E-state index contributed by atoms with van der Waals surface area (Å²) in [5, 5.41) is 16.4. The molecule has 2 unspecified atom stereocenters. The van der Waals surface area contributed by atoms with E-state index in [-0.39, 0.29) is 23.6 Å². The third-order valence-corrected chi connectivity index (χ3v) is 5.80. The fourth-order valence-corrected chi connectivity index (χ4v) is 4.07. The van der Waals surface area contributed by atoms with Gasteiger partial charge in [-0.15, -0.1) is 0 Å². The molecule has 2 saturated heterocycles. The Morgan fingerprint density at radius 2 is 2.14 bits per heavy atom. The van der Waals surface area contributed by atoms with Gasteiger partial charge in [0.05, 0.1) is 17.0 Å². The van der Waals surface area contributed by atoms with Crippen molar-refractivity contribution in [2.75, 3.05) is 37.7 Å². The molecule has 2 atom stereocenters. The molecular weight excluding hydrogens is 427 g/mol. The van der Waals surface area contributed by atoms with E-state index in [1.807, 2.05) is 6.07 Å². The number of ether oxygens (including phenoxy) is 1. The maximum Gasteiger partial charge on any atom is 0.319 e. The van der Waals surface area contributed by atoms with Gasteiger partial charge in [-0.3, -0.25) is 0 Å². The summed E-state index contributed by atoms with van der Waals surface area (Å²) >= 11 is 3.24. The number of hydrogen-bond acceptors (Lipinski definition) is 7. The highest BCUT2D eigenvalue weighted by Gasteiger charge is 2.25. The molecule has 0 amide bonds. The minimum absolute atomic E-state index is 0.0520. The van der Waals surface area contributed by atoms with Crippen molar-refractivity contribution in [3.05, 3.63) is 22.4 Å². The lowest BCUT2D eigenvalue weighted by Crippen LogP contribution is -2.51. The molecule has 0 radical (unpaired) electrons. The number of nitrogens with one attached hydrogen (secondary N) is 2. The zero-order chi connectivity index (χ0) is 19.5. The number of aromatic nitrogens is 2. The molecule has 28 heavy (non-hydrogen) atoms. The first-order chi connectivity index (χ1) is 13.7. The highest BCUT2D eigenvalue weighted by Crippen LogP contribution is 2.32. The average Bonchev–Trinajstić information content (AvgIpc) is 3.23. The molecule has 2 N–H and O–H groups in total. The summed E-state index contributed by atoms with van der Waals surface area (Å²) in [4.78, 5) is 11.0. The SMILES string of the molecule is N#CCC1CN(c2nc(OCC3CCCN3)nc3c(F)c(Br)ccc23)CCN1. The quantitative estimate of drug-likeness (QED) is 0.725. The van der Waals surface area contributed by atoms with Crippen molar-refractivity contribution in [2.45, 2.75) is 31.3 Å². The van der Waals surface area contributed by atoms with E-state index in [9.17, 15) is 4.39 Å². The van der Waals surface area contributed by atoms with Crippen LogP contribution in [0.2, 0.25) is 0 Å². The lowest BCUT2D eigenvalue weighted by molar-refractivity contribution is 0.258. The summed E-state index contributed by atoms with van der Waals surface area (Å²) in [5.41, 5.74) is 0.240. The molecule has 0 saturated carbocycles. The summed E-state index contributed by atoms with van der Waals surface area (Å²) in [5.74, 6) is 0.226. The molecular formula is C19H22BrFN6O. The van der Waals surface area contributed by atoms with Crippen LogP contribution in [-0.2, 0) is 0 Å². The second kappa shape index (κ2) is 8.55. The number of rotatable bonds is 5. The summed E-state index contributed by atoms with van der Waals surface area (Å²) < 4.78 is 21.0. The van der Waals surface area contributed by atoms with E-state index in [0.29, 0.717) is 35.2 Å². The highest BCUT2D eigenvalue weighted by atomic mass is 79.9. The largest absolute Gasteiger partial charge is 0.462 e. The van der Waals surface area contributed by atoms with E-state index in [4.69, 9.17) is 10.00 Å². The van der Waals surface area contributed by atoms with Crippen LogP contribution in [0.25, 0.3) is 10.9 Å². The Hall–Kier alpha value is -2.02. The predicted molar refractivity (Wildman–Crippen MR) is 108 cm³/mol. The van der Waals surface area contributed by atoms with Crippen molar-refractivity contribution >= 4 is 32.7 Å². The Morgan fingerprint density at radius 1 is 1.29 bits per heavy atom.